The Morgan fingerprint density at radius 2 is 1.79 bits per heavy atom. The van der Waals surface area contributed by atoms with Crippen molar-refractivity contribution in [3.8, 4) is 5.75 Å². The minimum Gasteiger partial charge on any atom is -0.494 e. The number of carbonyl (C=O) groups excluding carboxylic acids is 3. The van der Waals surface area contributed by atoms with Crippen LogP contribution in [0.1, 0.15) is 49.1 Å². The van der Waals surface area contributed by atoms with Gasteiger partial charge in [0.2, 0.25) is 5.91 Å². The molecule has 2 aromatic heterocycles. The lowest BCUT2D eigenvalue weighted by molar-refractivity contribution is -0.126. The van der Waals surface area contributed by atoms with Crippen molar-refractivity contribution in [1.82, 2.24) is 14.6 Å². The molecule has 9 nitrogen and oxygen atoms in total. The molecule has 0 spiro atoms. The standard InChI is InChI=1S/C27H27N5O4S2/c1-2-36-19-12-10-18(11-13-19)23(26(34)30-15-17-7-4-3-5-8-17)32(16-20-9-6-14-37-20)27(35)24-21(28)22(25(29)33)31-38-24/h3-14,23H,2,15-16,28H2,1H3,(H2,29,33)(H,30,34)/t23-/m1/s1. The van der Waals surface area contributed by atoms with Gasteiger partial charge in [-0.1, -0.05) is 48.5 Å². The van der Waals surface area contributed by atoms with Gasteiger partial charge in [0.25, 0.3) is 11.8 Å². The average Bonchev–Trinajstić information content (AvgIpc) is 3.58. The molecule has 0 saturated carbocycles. The molecule has 0 aliphatic carbocycles. The quantitative estimate of drug-likeness (QED) is 0.258. The monoisotopic (exact) mass is 549 g/mol. The van der Waals surface area contributed by atoms with Crippen molar-refractivity contribution in [2.24, 2.45) is 5.73 Å². The number of carbonyl (C=O) groups is 3. The molecule has 1 atom stereocenters. The van der Waals surface area contributed by atoms with Crippen LogP contribution >= 0.6 is 22.9 Å². The highest BCUT2D eigenvalue weighted by molar-refractivity contribution is 7.10. The van der Waals surface area contributed by atoms with Crippen LogP contribution in [0.5, 0.6) is 5.75 Å². The molecule has 0 unspecified atom stereocenters. The Bertz CT molecular complexity index is 1390. The first-order valence-corrected chi connectivity index (χ1v) is 13.5. The molecule has 196 valence electrons. The second-order valence-corrected chi connectivity index (χ2v) is 10.1. The largest absolute Gasteiger partial charge is 0.494 e. The summed E-state index contributed by atoms with van der Waals surface area (Å²) in [5.74, 6) is -1.09. The second kappa shape index (κ2) is 12.3. The number of hydrogen-bond acceptors (Lipinski definition) is 8. The molecule has 5 N–H and O–H groups in total. The molecule has 2 heterocycles. The fourth-order valence-corrected chi connectivity index (χ4v) is 5.34. The lowest BCUT2D eigenvalue weighted by atomic mass is 10.0. The Hall–Kier alpha value is -4.22. The van der Waals surface area contributed by atoms with Gasteiger partial charge in [-0.2, -0.15) is 4.37 Å². The number of nitrogens with one attached hydrogen (secondary N) is 1. The summed E-state index contributed by atoms with van der Waals surface area (Å²) in [7, 11) is 0. The van der Waals surface area contributed by atoms with Gasteiger partial charge in [-0.25, -0.2) is 0 Å². The third kappa shape index (κ3) is 6.18. The van der Waals surface area contributed by atoms with Crippen molar-refractivity contribution < 1.29 is 19.1 Å². The fourth-order valence-electron chi connectivity index (χ4n) is 3.88. The lowest BCUT2D eigenvalue weighted by Crippen LogP contribution is -2.43. The van der Waals surface area contributed by atoms with Crippen molar-refractivity contribution >= 4 is 46.3 Å². The molecule has 4 rings (SSSR count). The summed E-state index contributed by atoms with van der Waals surface area (Å²) >= 11 is 2.24. The zero-order valence-corrected chi connectivity index (χ0v) is 22.3. The number of rotatable bonds is 11. The van der Waals surface area contributed by atoms with E-state index >= 15 is 0 Å². The average molecular weight is 550 g/mol. The number of amides is 3. The SMILES string of the molecule is CCOc1ccc([C@H](C(=O)NCc2ccccc2)N(Cc2cccs2)C(=O)c2snc(C(N)=O)c2N)cc1. The van der Waals surface area contributed by atoms with E-state index in [1.54, 1.807) is 24.3 Å². The lowest BCUT2D eigenvalue weighted by Gasteiger charge is -2.31. The van der Waals surface area contributed by atoms with Crippen LogP contribution in [0.4, 0.5) is 5.69 Å². The molecule has 0 fully saturated rings. The number of aromatic nitrogens is 1. The summed E-state index contributed by atoms with van der Waals surface area (Å²) in [6, 6.07) is 19.3. The molecule has 2 aromatic carbocycles. The van der Waals surface area contributed by atoms with Gasteiger partial charge < -0.3 is 26.4 Å². The molecule has 3 amide bonds. The molecule has 11 heteroatoms. The number of nitrogens with two attached hydrogens (primary N) is 2. The van der Waals surface area contributed by atoms with Crippen LogP contribution in [0.2, 0.25) is 0 Å². The minimum atomic E-state index is -1.01. The van der Waals surface area contributed by atoms with Crippen LogP contribution in [0.15, 0.2) is 72.1 Å². The third-order valence-electron chi connectivity index (χ3n) is 5.70. The Balaban J connectivity index is 1.75. The van der Waals surface area contributed by atoms with Crippen molar-refractivity contribution in [2.45, 2.75) is 26.1 Å². The Morgan fingerprint density at radius 1 is 1.05 bits per heavy atom. The van der Waals surface area contributed by atoms with E-state index in [1.807, 2.05) is 54.8 Å². The van der Waals surface area contributed by atoms with Crippen LogP contribution in [-0.2, 0) is 17.9 Å². The first-order chi connectivity index (χ1) is 18.4. The Labute approximate surface area is 228 Å². The van der Waals surface area contributed by atoms with E-state index < -0.39 is 17.9 Å². The zero-order chi connectivity index (χ0) is 27.1. The second-order valence-electron chi connectivity index (χ2n) is 8.26. The van der Waals surface area contributed by atoms with E-state index in [9.17, 15) is 14.4 Å². The van der Waals surface area contributed by atoms with E-state index in [0.29, 0.717) is 17.9 Å². The number of hydrogen-bond donors (Lipinski definition) is 3. The molecule has 0 saturated heterocycles. The topological polar surface area (TPSA) is 141 Å². The number of nitrogen functional groups attached to an aromatic ring is 1. The highest BCUT2D eigenvalue weighted by Crippen LogP contribution is 2.31. The molecule has 0 bridgehead atoms. The Kier molecular flexibility index (Phi) is 8.72. The number of primary amides is 1. The summed E-state index contributed by atoms with van der Waals surface area (Å²) in [6.45, 7) is 2.80. The van der Waals surface area contributed by atoms with Crippen LogP contribution in [-0.4, -0.2) is 33.6 Å². The van der Waals surface area contributed by atoms with Gasteiger partial charge in [0.1, 0.15) is 16.7 Å². The van der Waals surface area contributed by atoms with E-state index in [0.717, 1.165) is 22.0 Å². The summed E-state index contributed by atoms with van der Waals surface area (Å²) in [4.78, 5) is 41.8. The van der Waals surface area contributed by atoms with Gasteiger partial charge in [0, 0.05) is 11.4 Å². The van der Waals surface area contributed by atoms with Crippen molar-refractivity contribution in [3.05, 3.63) is 98.7 Å². The number of nitrogens with zero attached hydrogens (tertiary/aromatic N) is 2. The van der Waals surface area contributed by atoms with E-state index in [4.69, 9.17) is 16.2 Å². The van der Waals surface area contributed by atoms with E-state index in [1.165, 1.54) is 16.2 Å². The maximum absolute atomic E-state index is 14.0. The maximum Gasteiger partial charge on any atom is 0.270 e. The number of ether oxygens (including phenoxy) is 1. The normalized spacial score (nSPS) is 11.5. The summed E-state index contributed by atoms with van der Waals surface area (Å²) in [6.07, 6.45) is 0. The first-order valence-electron chi connectivity index (χ1n) is 11.8. The molecular weight excluding hydrogens is 522 g/mol. The van der Waals surface area contributed by atoms with E-state index in [-0.39, 0.29) is 35.3 Å². The number of benzene rings is 2. The summed E-state index contributed by atoms with van der Waals surface area (Å²) in [5, 5.41) is 4.86. The molecule has 4 aromatic rings. The van der Waals surface area contributed by atoms with E-state index in [2.05, 4.69) is 9.69 Å². The van der Waals surface area contributed by atoms with Crippen LogP contribution < -0.4 is 21.5 Å². The fraction of sp³-hybridized carbons (Fsp3) is 0.185. The molecular formula is C27H27N5O4S2. The van der Waals surface area contributed by atoms with Crippen molar-refractivity contribution in [2.75, 3.05) is 12.3 Å². The molecule has 0 aliphatic rings. The van der Waals surface area contributed by atoms with Crippen LogP contribution in [0.3, 0.4) is 0 Å². The molecule has 0 aliphatic heterocycles. The minimum absolute atomic E-state index is 0.0437. The summed E-state index contributed by atoms with van der Waals surface area (Å²) < 4.78 is 9.54. The van der Waals surface area contributed by atoms with Gasteiger partial charge in [0.15, 0.2) is 5.69 Å². The molecule has 0 radical (unpaired) electrons. The van der Waals surface area contributed by atoms with Gasteiger partial charge in [-0.05, 0) is 53.2 Å². The van der Waals surface area contributed by atoms with Gasteiger partial charge in [-0.15, -0.1) is 11.3 Å². The number of anilines is 1. The highest BCUT2D eigenvalue weighted by atomic mass is 32.1. The summed E-state index contributed by atoms with van der Waals surface area (Å²) in [5.41, 5.74) is 12.7. The van der Waals surface area contributed by atoms with Gasteiger partial charge >= 0.3 is 0 Å². The first kappa shape index (κ1) is 26.8. The van der Waals surface area contributed by atoms with Crippen LogP contribution in [0, 0.1) is 0 Å². The Morgan fingerprint density at radius 3 is 2.39 bits per heavy atom. The van der Waals surface area contributed by atoms with Gasteiger partial charge in [-0.3, -0.25) is 14.4 Å². The maximum atomic E-state index is 14.0. The van der Waals surface area contributed by atoms with Crippen molar-refractivity contribution in [1.29, 1.82) is 0 Å². The predicted octanol–water partition coefficient (Wildman–Crippen LogP) is 3.98. The third-order valence-corrected chi connectivity index (χ3v) is 7.41. The smallest absolute Gasteiger partial charge is 0.270 e. The zero-order valence-electron chi connectivity index (χ0n) is 20.6. The highest BCUT2D eigenvalue weighted by Gasteiger charge is 2.35. The van der Waals surface area contributed by atoms with Crippen molar-refractivity contribution in [3.63, 3.8) is 0 Å². The number of thiophene rings is 1. The molecule has 38 heavy (non-hydrogen) atoms. The van der Waals surface area contributed by atoms with Gasteiger partial charge in [0.05, 0.1) is 18.8 Å². The predicted molar refractivity (Wildman–Crippen MR) is 148 cm³/mol. The van der Waals surface area contributed by atoms with Crippen LogP contribution in [0.25, 0.3) is 0 Å².